The van der Waals surface area contributed by atoms with Gasteiger partial charge in [0.05, 0.1) is 19.1 Å². The van der Waals surface area contributed by atoms with Gasteiger partial charge in [0.15, 0.2) is 11.4 Å². The summed E-state index contributed by atoms with van der Waals surface area (Å²) < 4.78 is 6.61. The summed E-state index contributed by atoms with van der Waals surface area (Å²) in [5.74, 6) is -1.56. The summed E-state index contributed by atoms with van der Waals surface area (Å²) in [6, 6.07) is 19.9. The summed E-state index contributed by atoms with van der Waals surface area (Å²) in [5.41, 5.74) is 1.15. The number of aromatic nitrogens is 1. The van der Waals surface area contributed by atoms with Gasteiger partial charge in [0, 0.05) is 18.3 Å². The van der Waals surface area contributed by atoms with Crippen LogP contribution in [-0.2, 0) is 9.53 Å². The Balaban J connectivity index is 1.85. The first-order valence-electron chi connectivity index (χ1n) is 11.2. The number of hydrogen-bond donors (Lipinski definition) is 1. The van der Waals surface area contributed by atoms with Crippen molar-refractivity contribution in [2.75, 3.05) is 18.3 Å². The van der Waals surface area contributed by atoms with E-state index in [0.29, 0.717) is 0 Å². The van der Waals surface area contributed by atoms with E-state index in [-0.39, 0.29) is 31.4 Å². The summed E-state index contributed by atoms with van der Waals surface area (Å²) in [6.07, 6.45) is 1.49. The molecule has 0 fully saturated rings. The average molecular weight is 462 g/mol. The van der Waals surface area contributed by atoms with Crippen LogP contribution in [0, 0.1) is 0 Å². The largest absolute Gasteiger partial charge is 0.502 e. The van der Waals surface area contributed by atoms with E-state index in [2.05, 4.69) is 0 Å². The number of amides is 1. The Morgan fingerprint density at radius 1 is 1.00 bits per heavy atom. The molecule has 1 aromatic heterocycles. The zero-order valence-electron chi connectivity index (χ0n) is 19.1. The molecule has 0 bridgehead atoms. The van der Waals surface area contributed by atoms with Crippen LogP contribution in [0.2, 0.25) is 0 Å². The van der Waals surface area contributed by atoms with Crippen LogP contribution < -0.4 is 10.4 Å². The summed E-state index contributed by atoms with van der Waals surface area (Å²) in [7, 11) is 0. The molecule has 1 amide bonds. The van der Waals surface area contributed by atoms with Crippen molar-refractivity contribution in [2.24, 2.45) is 0 Å². The summed E-state index contributed by atoms with van der Waals surface area (Å²) >= 11 is 0. The predicted molar refractivity (Wildman–Crippen MR) is 127 cm³/mol. The minimum absolute atomic E-state index is 0.00735. The van der Waals surface area contributed by atoms with Crippen LogP contribution in [0.5, 0.6) is 5.75 Å². The highest BCUT2D eigenvalue weighted by Crippen LogP contribution is 2.32. The Labute approximate surface area is 197 Å². The molecule has 8 heteroatoms. The van der Waals surface area contributed by atoms with Crippen molar-refractivity contribution in [2.45, 2.75) is 32.4 Å². The van der Waals surface area contributed by atoms with Crippen molar-refractivity contribution in [3.63, 3.8) is 0 Å². The first-order chi connectivity index (χ1) is 16.4. The molecule has 1 atom stereocenters. The molecule has 8 nitrogen and oxygen atoms in total. The highest BCUT2D eigenvalue weighted by Gasteiger charge is 2.38. The average Bonchev–Trinajstić information content (AvgIpc) is 2.84. The van der Waals surface area contributed by atoms with Gasteiger partial charge in [-0.15, -0.1) is 0 Å². The van der Waals surface area contributed by atoms with Gasteiger partial charge >= 0.3 is 5.97 Å². The number of carbonyl (C=O) groups is 2. The second kappa shape index (κ2) is 9.82. The van der Waals surface area contributed by atoms with Gasteiger partial charge in [-0.25, -0.2) is 0 Å². The van der Waals surface area contributed by atoms with Gasteiger partial charge in [-0.3, -0.25) is 24.1 Å². The molecule has 0 saturated carbocycles. The molecule has 0 radical (unpaired) electrons. The zero-order chi connectivity index (χ0) is 24.2. The van der Waals surface area contributed by atoms with Gasteiger partial charge in [-0.05, 0) is 25.0 Å². The predicted octanol–water partition coefficient (Wildman–Crippen LogP) is 3.04. The van der Waals surface area contributed by atoms with Crippen molar-refractivity contribution in [3.8, 4) is 5.75 Å². The van der Waals surface area contributed by atoms with Crippen LogP contribution in [-0.4, -0.2) is 45.9 Å². The van der Waals surface area contributed by atoms with Crippen LogP contribution in [0.25, 0.3) is 0 Å². The maximum Gasteiger partial charge on any atom is 0.307 e. The van der Waals surface area contributed by atoms with Gasteiger partial charge in [0.25, 0.3) is 5.91 Å². The number of hydrogen-bond acceptors (Lipinski definition) is 6. The molecule has 34 heavy (non-hydrogen) atoms. The maximum absolute atomic E-state index is 13.4. The Bertz CT molecular complexity index is 1190. The molecule has 0 aliphatic carbocycles. The Hall–Kier alpha value is -4.07. The minimum Gasteiger partial charge on any atom is -0.502 e. The third-order valence-corrected chi connectivity index (χ3v) is 5.92. The summed E-state index contributed by atoms with van der Waals surface area (Å²) in [6.45, 7) is 3.85. The van der Waals surface area contributed by atoms with E-state index in [9.17, 15) is 19.5 Å². The molecule has 1 aliphatic heterocycles. The number of esters is 1. The number of ether oxygens (including phenoxy) is 1. The van der Waals surface area contributed by atoms with Crippen LogP contribution in [0.4, 0.5) is 0 Å². The molecule has 1 unspecified atom stereocenters. The molecule has 3 aromatic rings. The maximum atomic E-state index is 13.4. The smallest absolute Gasteiger partial charge is 0.307 e. The van der Waals surface area contributed by atoms with Crippen molar-refractivity contribution >= 4 is 11.9 Å². The summed E-state index contributed by atoms with van der Waals surface area (Å²) in [4.78, 5) is 39.3. The van der Waals surface area contributed by atoms with Gasteiger partial charge < -0.3 is 14.7 Å². The van der Waals surface area contributed by atoms with E-state index in [1.807, 2.05) is 65.7 Å². The summed E-state index contributed by atoms with van der Waals surface area (Å²) in [5, 5.41) is 12.5. The first kappa shape index (κ1) is 23.1. The molecule has 0 saturated heterocycles. The number of carbonyl (C=O) groups excluding carboxylic acids is 2. The van der Waals surface area contributed by atoms with Gasteiger partial charge in [-0.1, -0.05) is 60.7 Å². The quantitative estimate of drug-likeness (QED) is 0.544. The topological polar surface area (TPSA) is 92.1 Å². The van der Waals surface area contributed by atoms with Crippen molar-refractivity contribution in [3.05, 3.63) is 100.0 Å². The van der Waals surface area contributed by atoms with Gasteiger partial charge in [0.2, 0.25) is 5.43 Å². The van der Waals surface area contributed by atoms with E-state index in [1.165, 1.54) is 21.8 Å². The third kappa shape index (κ3) is 4.39. The molecule has 2 aromatic carbocycles. The molecular weight excluding hydrogens is 434 g/mol. The molecular formula is C26H27N3O5. The van der Waals surface area contributed by atoms with Crippen molar-refractivity contribution < 1.29 is 19.4 Å². The van der Waals surface area contributed by atoms with E-state index in [4.69, 9.17) is 4.74 Å². The monoisotopic (exact) mass is 461 g/mol. The van der Waals surface area contributed by atoms with Crippen LogP contribution in [0.3, 0.4) is 0 Å². The standard InChI is InChI=1S/C26H27N3O5/c1-3-34-22(31)16-18(2)27-17-29(28-15-14-21(30)25(32)24(28)26(27)33)23(19-10-6-4-7-11-19)20-12-8-5-9-13-20/h4-15,18,23,32H,3,16-17H2,1-2H3. The van der Waals surface area contributed by atoms with Crippen molar-refractivity contribution in [1.29, 1.82) is 0 Å². The van der Waals surface area contributed by atoms with E-state index in [1.54, 1.807) is 13.8 Å². The van der Waals surface area contributed by atoms with Crippen molar-refractivity contribution in [1.82, 2.24) is 9.58 Å². The lowest BCUT2D eigenvalue weighted by molar-refractivity contribution is -0.144. The fraction of sp³-hybridized carbons (Fsp3) is 0.269. The number of rotatable bonds is 7. The van der Waals surface area contributed by atoms with Crippen LogP contribution in [0.15, 0.2) is 77.7 Å². The van der Waals surface area contributed by atoms with Crippen LogP contribution >= 0.6 is 0 Å². The molecule has 4 rings (SSSR count). The molecule has 1 aliphatic rings. The highest BCUT2D eigenvalue weighted by atomic mass is 16.5. The second-order valence-corrected chi connectivity index (χ2v) is 8.16. The molecule has 176 valence electrons. The second-order valence-electron chi connectivity index (χ2n) is 8.16. The molecule has 2 heterocycles. The Morgan fingerprint density at radius 3 is 2.15 bits per heavy atom. The fourth-order valence-electron chi connectivity index (χ4n) is 4.28. The first-order valence-corrected chi connectivity index (χ1v) is 11.2. The van der Waals surface area contributed by atoms with Gasteiger partial charge in [-0.2, -0.15) is 0 Å². The number of pyridine rings is 1. The lowest BCUT2D eigenvalue weighted by atomic mass is 9.98. The lowest BCUT2D eigenvalue weighted by Crippen LogP contribution is -2.58. The zero-order valence-corrected chi connectivity index (χ0v) is 19.1. The van der Waals surface area contributed by atoms with E-state index >= 15 is 0 Å². The van der Waals surface area contributed by atoms with E-state index < -0.39 is 29.1 Å². The Kier molecular flexibility index (Phi) is 6.67. The SMILES string of the molecule is CCOC(=O)CC(C)N1CN(C(c2ccccc2)c2ccccc2)n2ccc(=O)c(O)c2C1=O. The fourth-order valence-corrected chi connectivity index (χ4v) is 4.28. The number of fused-ring (bicyclic) bond motifs is 1. The molecule has 1 N–H and O–H groups in total. The third-order valence-electron chi connectivity index (χ3n) is 5.92. The van der Waals surface area contributed by atoms with Gasteiger partial charge in [0.1, 0.15) is 6.67 Å². The number of aromatic hydroxyl groups is 1. The number of nitrogens with zero attached hydrogens (tertiary/aromatic N) is 3. The van der Waals surface area contributed by atoms with Crippen LogP contribution in [0.1, 0.15) is 47.9 Å². The van der Waals surface area contributed by atoms with E-state index in [0.717, 1.165) is 11.1 Å². The number of benzene rings is 2. The molecule has 0 spiro atoms. The normalized spacial score (nSPS) is 14.1. The minimum atomic E-state index is -0.643. The lowest BCUT2D eigenvalue weighted by Gasteiger charge is -2.45. The Morgan fingerprint density at radius 2 is 1.59 bits per heavy atom. The highest BCUT2D eigenvalue weighted by molar-refractivity contribution is 5.96.